The van der Waals surface area contributed by atoms with Crippen LogP contribution in [0.2, 0.25) is 0 Å². The number of halogens is 1. The number of aromatic nitrogens is 1. The van der Waals surface area contributed by atoms with Gasteiger partial charge in [0.15, 0.2) is 0 Å². The second-order valence-electron chi connectivity index (χ2n) is 8.64. The zero-order chi connectivity index (χ0) is 19.2. The number of hydrogen-bond donors (Lipinski definition) is 3. The predicted molar refractivity (Wildman–Crippen MR) is 109 cm³/mol. The Morgan fingerprint density at radius 2 is 2.07 bits per heavy atom. The lowest BCUT2D eigenvalue weighted by Gasteiger charge is -2.58. The van der Waals surface area contributed by atoms with E-state index in [0.717, 1.165) is 32.1 Å². The Morgan fingerprint density at radius 1 is 1.39 bits per heavy atom. The zero-order valence-electron chi connectivity index (χ0n) is 16.3. The number of ether oxygens (including phenoxy) is 1. The highest BCUT2D eigenvalue weighted by molar-refractivity contribution is 8.00. The van der Waals surface area contributed by atoms with Crippen molar-refractivity contribution in [3.8, 4) is 5.88 Å². The molecule has 1 aromatic rings. The summed E-state index contributed by atoms with van der Waals surface area (Å²) in [6.07, 6.45) is 4.71. The van der Waals surface area contributed by atoms with Gasteiger partial charge in [0.25, 0.3) is 11.8 Å². The Morgan fingerprint density at radius 3 is 2.64 bits per heavy atom. The molecule has 2 unspecified atom stereocenters. The summed E-state index contributed by atoms with van der Waals surface area (Å²) in [5.41, 5.74) is 5.00. The average Bonchev–Trinajstić information content (AvgIpc) is 2.96. The van der Waals surface area contributed by atoms with E-state index in [1.165, 1.54) is 11.8 Å². The third kappa shape index (κ3) is 4.15. The topological polar surface area (TPSA) is 111 Å². The van der Waals surface area contributed by atoms with E-state index in [4.69, 9.17) is 15.0 Å². The van der Waals surface area contributed by atoms with Crippen LogP contribution < -0.4 is 15.8 Å². The molecule has 4 fully saturated rings. The number of nitrogens with one attached hydrogen (secondary N) is 1. The van der Waals surface area contributed by atoms with E-state index in [1.807, 2.05) is 13.8 Å². The molecule has 4 aliphatic rings. The van der Waals surface area contributed by atoms with E-state index < -0.39 is 5.60 Å². The highest BCUT2D eigenvalue weighted by Crippen LogP contribution is 2.55. The van der Waals surface area contributed by atoms with Crippen LogP contribution >= 0.6 is 24.2 Å². The Labute approximate surface area is 175 Å². The molecule has 0 spiro atoms. The van der Waals surface area contributed by atoms with Gasteiger partial charge >= 0.3 is 0 Å². The van der Waals surface area contributed by atoms with Crippen LogP contribution in [0.15, 0.2) is 9.42 Å². The lowest BCUT2D eigenvalue weighted by atomic mass is 9.52. The Kier molecular flexibility index (Phi) is 6.54. The van der Waals surface area contributed by atoms with E-state index in [0.29, 0.717) is 41.7 Å². The van der Waals surface area contributed by atoms with Crippen molar-refractivity contribution in [2.75, 3.05) is 13.2 Å². The first-order chi connectivity index (χ1) is 12.9. The second kappa shape index (κ2) is 8.42. The van der Waals surface area contributed by atoms with Crippen LogP contribution in [0, 0.1) is 17.8 Å². The largest absolute Gasteiger partial charge is 0.473 e. The molecule has 1 aromatic heterocycles. The van der Waals surface area contributed by atoms with E-state index >= 15 is 0 Å². The molecule has 0 aliphatic heterocycles. The molecule has 2 atom stereocenters. The summed E-state index contributed by atoms with van der Waals surface area (Å²) < 4.78 is 10.9. The summed E-state index contributed by atoms with van der Waals surface area (Å²) in [7, 11) is 0. The van der Waals surface area contributed by atoms with Crippen molar-refractivity contribution >= 4 is 30.1 Å². The molecule has 0 aromatic carbocycles. The third-order valence-corrected chi connectivity index (χ3v) is 7.14. The van der Waals surface area contributed by atoms with Crippen LogP contribution in [0.1, 0.15) is 56.5 Å². The Hall–Kier alpha value is -0.960. The molecular weight excluding hydrogens is 402 g/mol. The molecule has 0 saturated heterocycles. The SMILES string of the molecule is CC(C)Sc1c(OCCN)noc1C(=O)NC1C2CC3CC1CC(O)(C3)C2.Cl. The lowest BCUT2D eigenvalue weighted by Crippen LogP contribution is -2.61. The van der Waals surface area contributed by atoms with Crippen molar-refractivity contribution in [2.45, 2.75) is 67.7 Å². The standard InChI is InChI=1S/C19H29N3O4S.ClH/c1-10(2)27-16-15(26-22-18(16)25-4-3-20)17(23)21-14-12-5-11-6-13(14)9-19(24,7-11)8-12;/h10-14,24H,3-9,20H2,1-2H3,(H,21,23);1H. The van der Waals surface area contributed by atoms with Crippen molar-refractivity contribution in [2.24, 2.45) is 23.5 Å². The minimum absolute atomic E-state index is 0. The number of hydrogen-bond acceptors (Lipinski definition) is 7. The number of nitrogens with two attached hydrogens (primary N) is 1. The number of aliphatic hydroxyl groups is 1. The van der Waals surface area contributed by atoms with Gasteiger partial charge in [0, 0.05) is 17.8 Å². The van der Waals surface area contributed by atoms with Gasteiger partial charge in [-0.25, -0.2) is 0 Å². The van der Waals surface area contributed by atoms with Crippen molar-refractivity contribution < 1.29 is 19.2 Å². The fourth-order valence-corrected chi connectivity index (χ4v) is 6.34. The quantitative estimate of drug-likeness (QED) is 0.569. The first kappa shape index (κ1) is 21.7. The summed E-state index contributed by atoms with van der Waals surface area (Å²) >= 11 is 1.50. The van der Waals surface area contributed by atoms with Gasteiger partial charge in [-0.2, -0.15) is 0 Å². The highest BCUT2D eigenvalue weighted by Gasteiger charge is 2.55. The molecule has 4 bridgehead atoms. The van der Waals surface area contributed by atoms with Gasteiger partial charge in [-0.15, -0.1) is 24.2 Å². The molecule has 1 amide bonds. The van der Waals surface area contributed by atoms with Crippen molar-refractivity contribution in [1.29, 1.82) is 0 Å². The van der Waals surface area contributed by atoms with Gasteiger partial charge in [0.05, 0.1) is 5.60 Å². The van der Waals surface area contributed by atoms with E-state index in [2.05, 4.69) is 10.5 Å². The van der Waals surface area contributed by atoms with Crippen LogP contribution in [-0.2, 0) is 0 Å². The summed E-state index contributed by atoms with van der Waals surface area (Å²) in [5.74, 6) is 1.62. The van der Waals surface area contributed by atoms with Crippen LogP contribution in [0.3, 0.4) is 0 Å². The first-order valence-electron chi connectivity index (χ1n) is 9.91. The third-order valence-electron chi connectivity index (χ3n) is 6.08. The molecule has 4 saturated carbocycles. The predicted octanol–water partition coefficient (Wildman–Crippen LogP) is 2.60. The lowest BCUT2D eigenvalue weighted by molar-refractivity contribution is -0.137. The van der Waals surface area contributed by atoms with Gasteiger partial charge in [-0.05, 0) is 55.0 Å². The molecule has 9 heteroatoms. The number of rotatable bonds is 7. The first-order valence-corrected chi connectivity index (χ1v) is 10.8. The molecular formula is C19H30ClN3O4S. The van der Waals surface area contributed by atoms with E-state index in [9.17, 15) is 9.90 Å². The molecule has 28 heavy (non-hydrogen) atoms. The van der Waals surface area contributed by atoms with Gasteiger partial charge in [-0.1, -0.05) is 13.8 Å². The molecule has 4 N–H and O–H groups in total. The van der Waals surface area contributed by atoms with Crippen molar-refractivity contribution in [1.82, 2.24) is 10.5 Å². The highest BCUT2D eigenvalue weighted by atomic mass is 35.5. The normalized spacial score (nSPS) is 33.0. The zero-order valence-corrected chi connectivity index (χ0v) is 18.0. The number of nitrogens with zero attached hydrogens (tertiary/aromatic N) is 1. The summed E-state index contributed by atoms with van der Waals surface area (Å²) in [6, 6.07) is 0.102. The maximum Gasteiger partial charge on any atom is 0.291 e. The van der Waals surface area contributed by atoms with Crippen LogP contribution in [0.5, 0.6) is 5.88 Å². The fourth-order valence-electron chi connectivity index (χ4n) is 5.43. The minimum atomic E-state index is -0.508. The molecule has 7 nitrogen and oxygen atoms in total. The maximum absolute atomic E-state index is 13.0. The van der Waals surface area contributed by atoms with Crippen molar-refractivity contribution in [3.63, 3.8) is 0 Å². The van der Waals surface area contributed by atoms with Gasteiger partial charge in [-0.3, -0.25) is 4.79 Å². The van der Waals surface area contributed by atoms with Gasteiger partial charge < -0.3 is 25.4 Å². The Balaban J connectivity index is 0.00000225. The van der Waals surface area contributed by atoms with E-state index in [1.54, 1.807) is 0 Å². The number of amides is 1. The summed E-state index contributed by atoms with van der Waals surface area (Å²) in [6.45, 7) is 4.79. The maximum atomic E-state index is 13.0. The second-order valence-corrected chi connectivity index (χ2v) is 10.2. The van der Waals surface area contributed by atoms with E-state index in [-0.39, 0.29) is 35.4 Å². The van der Waals surface area contributed by atoms with Crippen LogP contribution in [-0.4, -0.2) is 46.2 Å². The van der Waals surface area contributed by atoms with Crippen LogP contribution in [0.25, 0.3) is 0 Å². The fraction of sp³-hybridized carbons (Fsp3) is 0.789. The average molecular weight is 432 g/mol. The molecule has 1 heterocycles. The smallest absolute Gasteiger partial charge is 0.291 e. The summed E-state index contributed by atoms with van der Waals surface area (Å²) in [5, 5.41) is 18.1. The van der Waals surface area contributed by atoms with Gasteiger partial charge in [0.2, 0.25) is 5.76 Å². The van der Waals surface area contributed by atoms with Gasteiger partial charge in [0.1, 0.15) is 11.5 Å². The van der Waals surface area contributed by atoms with Crippen LogP contribution in [0.4, 0.5) is 0 Å². The minimum Gasteiger partial charge on any atom is -0.473 e. The number of carbonyl (C=O) groups excluding carboxylic acids is 1. The number of thioether (sulfide) groups is 1. The molecule has 0 radical (unpaired) electrons. The summed E-state index contributed by atoms with van der Waals surface area (Å²) in [4.78, 5) is 13.6. The monoisotopic (exact) mass is 431 g/mol. The van der Waals surface area contributed by atoms with Crippen molar-refractivity contribution in [3.05, 3.63) is 5.76 Å². The molecule has 158 valence electrons. The molecule has 5 rings (SSSR count). The Bertz CT molecular complexity index is 697. The molecule has 4 aliphatic carbocycles. The number of carbonyl (C=O) groups is 1.